The minimum absolute atomic E-state index is 0.0251. The smallest absolute Gasteiger partial charge is 0.321 e. The van der Waals surface area contributed by atoms with Crippen LogP contribution in [0.25, 0.3) is 10.9 Å². The van der Waals surface area contributed by atoms with Gasteiger partial charge in [0, 0.05) is 31.6 Å². The van der Waals surface area contributed by atoms with Crippen molar-refractivity contribution in [3.8, 4) is 0 Å². The summed E-state index contributed by atoms with van der Waals surface area (Å²) in [5.41, 5.74) is 4.08. The summed E-state index contributed by atoms with van der Waals surface area (Å²) in [6.07, 6.45) is 0.765. The Bertz CT molecular complexity index is 2030. The van der Waals surface area contributed by atoms with Gasteiger partial charge in [-0.3, -0.25) is 9.78 Å². The van der Waals surface area contributed by atoms with Crippen LogP contribution >= 0.6 is 0 Å². The molecule has 3 aromatic carbocycles. The van der Waals surface area contributed by atoms with Crippen LogP contribution in [0.4, 0.5) is 4.79 Å². The molecule has 5 rings (SSSR count). The first kappa shape index (κ1) is 40.3. The van der Waals surface area contributed by atoms with Gasteiger partial charge in [-0.2, -0.15) is 4.31 Å². The van der Waals surface area contributed by atoms with Crippen LogP contribution in [0.15, 0.2) is 95.0 Å². The molecule has 1 aromatic heterocycles. The van der Waals surface area contributed by atoms with E-state index in [1.54, 1.807) is 9.80 Å². The third-order valence-corrected chi connectivity index (χ3v) is 11.9. The minimum atomic E-state index is -4.07. The molecule has 0 unspecified atom stereocenters. The number of urea groups is 1. The summed E-state index contributed by atoms with van der Waals surface area (Å²) in [4.78, 5) is 36.5. The number of oxime groups is 1. The van der Waals surface area contributed by atoms with Gasteiger partial charge in [0.1, 0.15) is 6.04 Å². The lowest BCUT2D eigenvalue weighted by atomic mass is 9.95. The van der Waals surface area contributed by atoms with Gasteiger partial charge in [0.25, 0.3) is 0 Å². The molecule has 0 saturated carbocycles. The van der Waals surface area contributed by atoms with Crippen molar-refractivity contribution in [2.45, 2.75) is 77.1 Å². The van der Waals surface area contributed by atoms with Crippen molar-refractivity contribution < 1.29 is 28.3 Å². The fraction of sp³-hybridized carbons (Fsp3) is 0.415. The number of aliphatic hydroxyl groups is 1. The molecule has 1 saturated heterocycles. The predicted octanol–water partition coefficient (Wildman–Crippen LogP) is 5.44. The van der Waals surface area contributed by atoms with Gasteiger partial charge in [0.15, 0.2) is 0 Å². The molecule has 13 heteroatoms. The lowest BCUT2D eigenvalue weighted by molar-refractivity contribution is -0.128. The second-order valence-electron chi connectivity index (χ2n) is 14.6. The Balaban J connectivity index is 1.38. The van der Waals surface area contributed by atoms with Crippen LogP contribution in [0.1, 0.15) is 56.5 Å². The van der Waals surface area contributed by atoms with E-state index in [9.17, 15) is 23.1 Å². The third-order valence-electron chi connectivity index (χ3n) is 10.0. The van der Waals surface area contributed by atoms with Gasteiger partial charge < -0.3 is 25.4 Å². The molecule has 288 valence electrons. The van der Waals surface area contributed by atoms with E-state index in [-0.39, 0.29) is 42.3 Å². The van der Waals surface area contributed by atoms with Crippen molar-refractivity contribution >= 4 is 39.1 Å². The summed E-state index contributed by atoms with van der Waals surface area (Å²) < 4.78 is 29.2. The molecule has 54 heavy (non-hydrogen) atoms. The molecular formula is C41H52N6O6S. The molecule has 0 radical (unpaired) electrons. The van der Waals surface area contributed by atoms with Crippen molar-refractivity contribution in [1.82, 2.24) is 24.4 Å². The Hall–Kier alpha value is -4.85. The molecule has 4 atom stereocenters. The number of sulfonamides is 1. The number of rotatable bonds is 17. The quantitative estimate of drug-likeness (QED) is 0.0737. The van der Waals surface area contributed by atoms with Crippen molar-refractivity contribution in [3.05, 3.63) is 107 Å². The van der Waals surface area contributed by atoms with Crippen LogP contribution in [0.3, 0.4) is 0 Å². The van der Waals surface area contributed by atoms with Gasteiger partial charge in [0.2, 0.25) is 15.9 Å². The SMILES string of the molecule is CC[C@H](C)[C@@H](C(=O)N[C@@H](Cc1ccccc1)[C@H](O)CN(CC(C)C)S(=O)(=O)c1ccc(C=NO)cc1)N1CCN(Cc2cc(C)c3ccccc3n2)C1=O. The number of benzene rings is 3. The molecule has 12 nitrogen and oxygen atoms in total. The van der Waals surface area contributed by atoms with E-state index in [4.69, 9.17) is 10.2 Å². The van der Waals surface area contributed by atoms with Crippen LogP contribution in [-0.4, -0.2) is 100 Å². The van der Waals surface area contributed by atoms with Crippen LogP contribution < -0.4 is 5.32 Å². The first-order valence-electron chi connectivity index (χ1n) is 18.5. The van der Waals surface area contributed by atoms with Crippen molar-refractivity contribution in [1.29, 1.82) is 0 Å². The molecule has 1 aliphatic heterocycles. The highest BCUT2D eigenvalue weighted by Crippen LogP contribution is 2.25. The zero-order chi connectivity index (χ0) is 39.0. The fourth-order valence-electron chi connectivity index (χ4n) is 7.01. The van der Waals surface area contributed by atoms with E-state index in [2.05, 4.69) is 10.5 Å². The highest BCUT2D eigenvalue weighted by Gasteiger charge is 2.41. The number of aromatic nitrogens is 1. The minimum Gasteiger partial charge on any atom is -0.411 e. The van der Waals surface area contributed by atoms with Gasteiger partial charge in [-0.1, -0.05) is 99.9 Å². The fourth-order valence-corrected chi connectivity index (χ4v) is 8.63. The van der Waals surface area contributed by atoms with Gasteiger partial charge in [0.05, 0.1) is 41.0 Å². The normalized spacial score (nSPS) is 16.0. The summed E-state index contributed by atoms with van der Waals surface area (Å²) in [5.74, 6) is -0.678. The number of hydrogen-bond donors (Lipinski definition) is 3. The van der Waals surface area contributed by atoms with Gasteiger partial charge in [-0.15, -0.1) is 0 Å². The average molecular weight is 757 g/mol. The first-order valence-corrected chi connectivity index (χ1v) is 20.0. The highest BCUT2D eigenvalue weighted by molar-refractivity contribution is 7.89. The number of pyridine rings is 1. The summed E-state index contributed by atoms with van der Waals surface area (Å²) in [6.45, 7) is 10.7. The summed E-state index contributed by atoms with van der Waals surface area (Å²) in [7, 11) is -4.07. The van der Waals surface area contributed by atoms with Crippen LogP contribution in [0.2, 0.25) is 0 Å². The standard InChI is InChI=1S/C41H52N6O6S/c1-6-29(4)39(47-21-20-45(41(47)50)26-33-22-30(5)35-14-10-11-15-36(35)43-33)40(49)44-37(23-31-12-8-7-9-13-31)38(48)27-46(25-28(2)3)54(52,53)34-18-16-32(17-19-34)24-42-51/h7-19,22,24,28-29,37-39,48,51H,6,20-21,23,25-27H2,1-5H3,(H,44,49)/t29-,37-,38+,39-/m0/s1. The number of amides is 3. The van der Waals surface area contributed by atoms with Crippen molar-refractivity contribution in [3.63, 3.8) is 0 Å². The van der Waals surface area contributed by atoms with Crippen LogP contribution in [0.5, 0.6) is 0 Å². The lowest BCUT2D eigenvalue weighted by Crippen LogP contribution is -2.57. The van der Waals surface area contributed by atoms with E-state index >= 15 is 0 Å². The molecule has 3 N–H and O–H groups in total. The van der Waals surface area contributed by atoms with E-state index in [1.807, 2.05) is 95.3 Å². The summed E-state index contributed by atoms with van der Waals surface area (Å²) in [5, 5.41) is 27.9. The second kappa shape index (κ2) is 18.0. The largest absolute Gasteiger partial charge is 0.411 e. The van der Waals surface area contributed by atoms with Crippen LogP contribution in [-0.2, 0) is 27.8 Å². The Morgan fingerprint density at radius 3 is 2.35 bits per heavy atom. The number of hydrogen-bond acceptors (Lipinski definition) is 8. The number of nitrogens with one attached hydrogen (secondary N) is 1. The number of aryl methyl sites for hydroxylation is 1. The van der Waals surface area contributed by atoms with Crippen LogP contribution in [0, 0.1) is 18.8 Å². The second-order valence-corrected chi connectivity index (χ2v) is 16.5. The zero-order valence-corrected chi connectivity index (χ0v) is 32.5. The number of carbonyl (C=O) groups excluding carboxylic acids is 2. The van der Waals surface area contributed by atoms with E-state index in [0.717, 1.165) is 27.7 Å². The van der Waals surface area contributed by atoms with Gasteiger partial charge >= 0.3 is 6.03 Å². The molecule has 0 spiro atoms. The number of carbonyl (C=O) groups is 2. The predicted molar refractivity (Wildman–Crippen MR) is 210 cm³/mol. The Kier molecular flexibility index (Phi) is 13.4. The third kappa shape index (κ3) is 9.62. The molecule has 1 aliphatic rings. The zero-order valence-electron chi connectivity index (χ0n) is 31.7. The maximum absolute atomic E-state index is 14.4. The molecule has 0 bridgehead atoms. The van der Waals surface area contributed by atoms with E-state index in [0.29, 0.717) is 31.6 Å². The van der Waals surface area contributed by atoms with E-state index in [1.165, 1.54) is 34.8 Å². The highest BCUT2D eigenvalue weighted by atomic mass is 32.2. The molecule has 2 heterocycles. The Labute approximate surface area is 318 Å². The summed E-state index contributed by atoms with van der Waals surface area (Å²) >= 11 is 0. The maximum atomic E-state index is 14.4. The van der Waals surface area contributed by atoms with Crippen molar-refractivity contribution in [2.75, 3.05) is 26.2 Å². The average Bonchev–Trinajstić information content (AvgIpc) is 3.49. The topological polar surface area (TPSA) is 156 Å². The molecule has 0 aliphatic carbocycles. The van der Waals surface area contributed by atoms with Crippen molar-refractivity contribution in [2.24, 2.45) is 17.0 Å². The summed E-state index contributed by atoms with van der Waals surface area (Å²) in [6, 6.07) is 23.3. The molecule has 1 fully saturated rings. The van der Waals surface area contributed by atoms with Gasteiger partial charge in [-0.25, -0.2) is 13.2 Å². The van der Waals surface area contributed by atoms with Gasteiger partial charge in [-0.05, 0) is 66.1 Å². The van der Waals surface area contributed by atoms with E-state index < -0.39 is 34.1 Å². The number of aliphatic hydroxyl groups excluding tert-OH is 1. The maximum Gasteiger partial charge on any atom is 0.321 e. The first-order chi connectivity index (χ1) is 25.8. The lowest BCUT2D eigenvalue weighted by Gasteiger charge is -2.35. The Morgan fingerprint density at radius 1 is 1.00 bits per heavy atom. The molecule has 4 aromatic rings. The molecule has 3 amide bonds. The number of nitrogens with zero attached hydrogens (tertiary/aromatic N) is 5. The monoisotopic (exact) mass is 756 g/mol. The number of para-hydroxylation sites is 1. The Morgan fingerprint density at radius 2 is 1.69 bits per heavy atom. The number of fused-ring (bicyclic) bond motifs is 1. The molecular weight excluding hydrogens is 705 g/mol.